The standard InChI is InChI=1S/C19H19N3O2S/c23-18(24)15-3-4-16-17(11-15)25-19(21-16)22-8-5-13(6-9-22)10-14-2-1-7-20-12-14/h1-4,7,11-13H,5-6,8-10H2,(H,23,24). The molecule has 0 aliphatic carbocycles. The first-order chi connectivity index (χ1) is 12.2. The molecule has 0 unspecified atom stereocenters. The smallest absolute Gasteiger partial charge is 0.335 e. The van der Waals surface area contributed by atoms with E-state index < -0.39 is 5.97 Å². The Kier molecular flexibility index (Phi) is 4.36. The summed E-state index contributed by atoms with van der Waals surface area (Å²) >= 11 is 1.58. The van der Waals surface area contributed by atoms with Crippen molar-refractivity contribution in [3.05, 3.63) is 53.9 Å². The molecule has 1 N–H and O–H groups in total. The van der Waals surface area contributed by atoms with Crippen LogP contribution in [0, 0.1) is 5.92 Å². The fraction of sp³-hybridized carbons (Fsp3) is 0.316. The van der Waals surface area contributed by atoms with E-state index in [-0.39, 0.29) is 0 Å². The van der Waals surface area contributed by atoms with Crippen LogP contribution in [-0.4, -0.2) is 34.1 Å². The predicted molar refractivity (Wildman–Crippen MR) is 99.5 cm³/mol. The number of benzene rings is 1. The van der Waals surface area contributed by atoms with Gasteiger partial charge in [-0.25, -0.2) is 9.78 Å². The molecule has 0 atom stereocenters. The van der Waals surface area contributed by atoms with Crippen molar-refractivity contribution in [1.29, 1.82) is 0 Å². The van der Waals surface area contributed by atoms with Crippen molar-refractivity contribution in [1.82, 2.24) is 9.97 Å². The molecular weight excluding hydrogens is 334 g/mol. The van der Waals surface area contributed by atoms with Crippen molar-refractivity contribution >= 4 is 32.7 Å². The van der Waals surface area contributed by atoms with Gasteiger partial charge in [0.2, 0.25) is 0 Å². The molecule has 6 heteroatoms. The summed E-state index contributed by atoms with van der Waals surface area (Å²) in [7, 11) is 0. The second-order valence-corrected chi connectivity index (χ2v) is 7.49. The van der Waals surface area contributed by atoms with Crippen molar-refractivity contribution in [2.45, 2.75) is 19.3 Å². The molecule has 4 rings (SSSR count). The number of anilines is 1. The molecule has 0 radical (unpaired) electrons. The lowest BCUT2D eigenvalue weighted by Gasteiger charge is -2.31. The number of nitrogens with zero attached hydrogens (tertiary/aromatic N) is 3. The summed E-state index contributed by atoms with van der Waals surface area (Å²) in [6.45, 7) is 1.99. The summed E-state index contributed by atoms with van der Waals surface area (Å²) in [6, 6.07) is 9.28. The molecule has 0 spiro atoms. The lowest BCUT2D eigenvalue weighted by molar-refractivity contribution is 0.0697. The third-order valence-corrected chi connectivity index (χ3v) is 5.84. The number of hydrogen-bond acceptors (Lipinski definition) is 5. The fourth-order valence-corrected chi connectivity index (χ4v) is 4.42. The zero-order chi connectivity index (χ0) is 17.2. The van der Waals surface area contributed by atoms with Crippen LogP contribution < -0.4 is 4.90 Å². The molecule has 1 aliphatic rings. The Morgan fingerprint density at radius 2 is 2.12 bits per heavy atom. The summed E-state index contributed by atoms with van der Waals surface area (Å²) in [5, 5.41) is 10.1. The van der Waals surface area contributed by atoms with E-state index in [2.05, 4.69) is 20.9 Å². The Labute approximate surface area is 150 Å². The molecule has 5 nitrogen and oxygen atoms in total. The second kappa shape index (κ2) is 6.80. The normalized spacial score (nSPS) is 15.6. The first kappa shape index (κ1) is 16.0. The van der Waals surface area contributed by atoms with Crippen LogP contribution in [0.1, 0.15) is 28.8 Å². The van der Waals surface area contributed by atoms with Gasteiger partial charge < -0.3 is 10.0 Å². The van der Waals surface area contributed by atoms with Crippen molar-refractivity contribution in [2.75, 3.05) is 18.0 Å². The molecule has 1 aromatic carbocycles. The second-order valence-electron chi connectivity index (χ2n) is 6.48. The Hall–Kier alpha value is -2.47. The average molecular weight is 353 g/mol. The molecular formula is C19H19N3O2S. The number of piperidine rings is 1. The quantitative estimate of drug-likeness (QED) is 0.772. The monoisotopic (exact) mass is 353 g/mol. The van der Waals surface area contributed by atoms with Gasteiger partial charge in [-0.15, -0.1) is 0 Å². The van der Waals surface area contributed by atoms with Gasteiger partial charge in [0.1, 0.15) is 0 Å². The minimum absolute atomic E-state index is 0.317. The molecule has 0 saturated carbocycles. The van der Waals surface area contributed by atoms with Crippen LogP contribution in [-0.2, 0) is 6.42 Å². The van der Waals surface area contributed by atoms with Gasteiger partial charge in [-0.1, -0.05) is 17.4 Å². The molecule has 0 bridgehead atoms. The zero-order valence-corrected chi connectivity index (χ0v) is 14.6. The molecule has 25 heavy (non-hydrogen) atoms. The number of carbonyl (C=O) groups is 1. The summed E-state index contributed by atoms with van der Waals surface area (Å²) in [5.41, 5.74) is 2.50. The number of aromatic carboxylic acids is 1. The van der Waals surface area contributed by atoms with Gasteiger partial charge >= 0.3 is 5.97 Å². The van der Waals surface area contributed by atoms with Crippen molar-refractivity contribution in [3.8, 4) is 0 Å². The number of pyridine rings is 1. The Balaban J connectivity index is 1.43. The topological polar surface area (TPSA) is 66.3 Å². The van der Waals surface area contributed by atoms with E-state index in [1.807, 2.05) is 18.5 Å². The predicted octanol–water partition coefficient (Wildman–Crippen LogP) is 3.85. The van der Waals surface area contributed by atoms with E-state index >= 15 is 0 Å². The fourth-order valence-electron chi connectivity index (χ4n) is 3.36. The number of rotatable bonds is 4. The summed E-state index contributed by atoms with van der Waals surface area (Å²) in [4.78, 5) is 22.3. The molecule has 128 valence electrons. The van der Waals surface area contributed by atoms with Gasteiger partial charge in [0.05, 0.1) is 15.8 Å². The van der Waals surface area contributed by atoms with Crippen molar-refractivity contribution < 1.29 is 9.90 Å². The molecule has 1 aliphatic heterocycles. The highest BCUT2D eigenvalue weighted by atomic mass is 32.1. The molecule has 3 aromatic rings. The summed E-state index contributed by atoms with van der Waals surface area (Å²) in [5.74, 6) is -0.207. The maximum atomic E-state index is 11.1. The van der Waals surface area contributed by atoms with Gasteiger partial charge in [-0.05, 0) is 55.0 Å². The minimum Gasteiger partial charge on any atom is -0.478 e. The molecule has 0 amide bonds. The van der Waals surface area contributed by atoms with Gasteiger partial charge in [0, 0.05) is 25.5 Å². The number of carboxylic acids is 1. The SMILES string of the molecule is O=C(O)c1ccc2nc(N3CCC(Cc4cccnc4)CC3)sc2c1. The van der Waals surface area contributed by atoms with Crippen LogP contribution in [0.2, 0.25) is 0 Å². The average Bonchev–Trinajstić information content (AvgIpc) is 3.06. The number of fused-ring (bicyclic) bond motifs is 1. The Morgan fingerprint density at radius 1 is 1.28 bits per heavy atom. The maximum Gasteiger partial charge on any atom is 0.335 e. The number of hydrogen-bond donors (Lipinski definition) is 1. The van der Waals surface area contributed by atoms with Crippen LogP contribution in [0.3, 0.4) is 0 Å². The summed E-state index contributed by atoms with van der Waals surface area (Å²) < 4.78 is 0.937. The third kappa shape index (κ3) is 3.49. The van der Waals surface area contributed by atoms with Gasteiger partial charge in [-0.2, -0.15) is 0 Å². The van der Waals surface area contributed by atoms with Crippen molar-refractivity contribution in [3.63, 3.8) is 0 Å². The first-order valence-electron chi connectivity index (χ1n) is 8.47. The van der Waals surface area contributed by atoms with Crippen molar-refractivity contribution in [2.24, 2.45) is 5.92 Å². The van der Waals surface area contributed by atoms with Crippen LogP contribution in [0.4, 0.5) is 5.13 Å². The van der Waals surface area contributed by atoms with Crippen LogP contribution >= 0.6 is 11.3 Å². The van der Waals surface area contributed by atoms with Gasteiger partial charge in [0.25, 0.3) is 0 Å². The maximum absolute atomic E-state index is 11.1. The van der Waals surface area contributed by atoms with E-state index in [1.54, 1.807) is 29.5 Å². The molecule has 3 heterocycles. The van der Waals surface area contributed by atoms with Crippen LogP contribution in [0.25, 0.3) is 10.2 Å². The summed E-state index contributed by atoms with van der Waals surface area (Å²) in [6.07, 6.45) is 7.15. The van der Waals surface area contributed by atoms with Gasteiger partial charge in [-0.3, -0.25) is 4.98 Å². The largest absolute Gasteiger partial charge is 0.478 e. The number of carboxylic acid groups (broad SMARTS) is 1. The lowest BCUT2D eigenvalue weighted by Crippen LogP contribution is -2.34. The number of thiazole rings is 1. The molecule has 1 fully saturated rings. The van der Waals surface area contributed by atoms with Crippen LogP contribution in [0.15, 0.2) is 42.7 Å². The highest BCUT2D eigenvalue weighted by Crippen LogP contribution is 2.32. The van der Waals surface area contributed by atoms with E-state index in [9.17, 15) is 4.79 Å². The first-order valence-corrected chi connectivity index (χ1v) is 9.28. The number of aromatic nitrogens is 2. The van der Waals surface area contributed by atoms with Crippen LogP contribution in [0.5, 0.6) is 0 Å². The van der Waals surface area contributed by atoms with E-state index in [1.165, 1.54) is 5.56 Å². The zero-order valence-electron chi connectivity index (χ0n) is 13.8. The van der Waals surface area contributed by atoms with E-state index in [0.29, 0.717) is 11.5 Å². The highest BCUT2D eigenvalue weighted by Gasteiger charge is 2.22. The lowest BCUT2D eigenvalue weighted by atomic mass is 9.91. The minimum atomic E-state index is -0.895. The Bertz CT molecular complexity index is 886. The third-order valence-electron chi connectivity index (χ3n) is 4.76. The van der Waals surface area contributed by atoms with E-state index in [0.717, 1.165) is 47.7 Å². The Morgan fingerprint density at radius 3 is 2.84 bits per heavy atom. The van der Waals surface area contributed by atoms with Gasteiger partial charge in [0.15, 0.2) is 5.13 Å². The molecule has 2 aromatic heterocycles. The van der Waals surface area contributed by atoms with E-state index in [4.69, 9.17) is 5.11 Å². The molecule has 1 saturated heterocycles. The highest BCUT2D eigenvalue weighted by molar-refractivity contribution is 7.22.